The minimum atomic E-state index is 0.966. The van der Waals surface area contributed by atoms with E-state index in [4.69, 9.17) is 0 Å². The summed E-state index contributed by atoms with van der Waals surface area (Å²) in [7, 11) is 0. The smallest absolute Gasteiger partial charge is 0.00489 e. The molecule has 0 aliphatic heterocycles. The van der Waals surface area contributed by atoms with Gasteiger partial charge in [-0.05, 0) is 50.1 Å². The molecule has 0 amide bonds. The van der Waals surface area contributed by atoms with E-state index in [0.29, 0.717) is 0 Å². The zero-order valence-electron chi connectivity index (χ0n) is 10.2. The Morgan fingerprint density at radius 2 is 1.93 bits per heavy atom. The second-order valence-electron chi connectivity index (χ2n) is 5.13. The largest absolute Gasteiger partial charge is 0.317 e. The fourth-order valence-electron chi connectivity index (χ4n) is 2.61. The molecule has 0 spiro atoms. The minimum absolute atomic E-state index is 0.966. The van der Waals surface area contributed by atoms with Gasteiger partial charge in [0.15, 0.2) is 0 Å². The summed E-state index contributed by atoms with van der Waals surface area (Å²) in [5.41, 5.74) is 0. The van der Waals surface area contributed by atoms with Crippen LogP contribution in [0, 0.1) is 17.8 Å². The number of hydrogen-bond acceptors (Lipinski definition) is 1. The summed E-state index contributed by atoms with van der Waals surface area (Å²) >= 11 is 0. The Hall–Kier alpha value is -0.0400. The van der Waals surface area contributed by atoms with Gasteiger partial charge in [-0.15, -0.1) is 0 Å². The molecule has 0 aromatic carbocycles. The highest BCUT2D eigenvalue weighted by atomic mass is 14.8. The van der Waals surface area contributed by atoms with Crippen LogP contribution in [-0.4, -0.2) is 13.1 Å². The molecular formula is C13H27N. The van der Waals surface area contributed by atoms with Gasteiger partial charge in [-0.25, -0.2) is 0 Å². The first-order valence-corrected chi connectivity index (χ1v) is 6.44. The Balaban J connectivity index is 2.07. The molecule has 1 saturated carbocycles. The van der Waals surface area contributed by atoms with E-state index in [1.54, 1.807) is 0 Å². The molecule has 3 atom stereocenters. The minimum Gasteiger partial charge on any atom is -0.317 e. The van der Waals surface area contributed by atoms with Gasteiger partial charge >= 0.3 is 0 Å². The number of rotatable bonds is 5. The Labute approximate surface area is 89.7 Å². The Bertz CT molecular complexity index is 144. The molecule has 1 aliphatic rings. The van der Waals surface area contributed by atoms with Crippen molar-refractivity contribution in [2.75, 3.05) is 13.1 Å². The highest BCUT2D eigenvalue weighted by molar-refractivity contribution is 4.75. The standard InChI is InChI=1S/C13H27N/c1-4-14-9-5-6-13-8-7-11(2)12(3)10-13/h11-14H,4-10H2,1-3H3. The van der Waals surface area contributed by atoms with Crippen LogP contribution in [0.3, 0.4) is 0 Å². The summed E-state index contributed by atoms with van der Waals surface area (Å²) in [5.74, 6) is 2.97. The molecule has 84 valence electrons. The predicted molar refractivity (Wildman–Crippen MR) is 63.4 cm³/mol. The first-order valence-electron chi connectivity index (χ1n) is 6.44. The first-order chi connectivity index (χ1) is 6.74. The van der Waals surface area contributed by atoms with Crippen molar-refractivity contribution in [3.8, 4) is 0 Å². The van der Waals surface area contributed by atoms with E-state index in [0.717, 1.165) is 24.3 Å². The molecule has 14 heavy (non-hydrogen) atoms. The summed E-state index contributed by atoms with van der Waals surface area (Å²) in [5, 5.41) is 3.41. The van der Waals surface area contributed by atoms with Crippen LogP contribution in [0.15, 0.2) is 0 Å². The van der Waals surface area contributed by atoms with Gasteiger partial charge in [0.05, 0.1) is 0 Å². The quantitative estimate of drug-likeness (QED) is 0.666. The van der Waals surface area contributed by atoms with Gasteiger partial charge in [0.2, 0.25) is 0 Å². The van der Waals surface area contributed by atoms with Gasteiger partial charge in [-0.1, -0.05) is 33.6 Å². The van der Waals surface area contributed by atoms with E-state index in [1.165, 1.54) is 38.6 Å². The zero-order chi connectivity index (χ0) is 10.4. The highest BCUT2D eigenvalue weighted by Gasteiger charge is 2.23. The van der Waals surface area contributed by atoms with Crippen molar-refractivity contribution in [3.05, 3.63) is 0 Å². The molecule has 0 radical (unpaired) electrons. The molecule has 0 saturated heterocycles. The highest BCUT2D eigenvalue weighted by Crippen LogP contribution is 2.35. The Morgan fingerprint density at radius 3 is 2.57 bits per heavy atom. The van der Waals surface area contributed by atoms with Crippen LogP contribution in [0.2, 0.25) is 0 Å². The maximum absolute atomic E-state index is 3.41. The molecule has 0 aromatic rings. The number of hydrogen-bond donors (Lipinski definition) is 1. The van der Waals surface area contributed by atoms with Crippen molar-refractivity contribution in [1.82, 2.24) is 5.32 Å². The fraction of sp³-hybridized carbons (Fsp3) is 1.00. The van der Waals surface area contributed by atoms with Crippen molar-refractivity contribution < 1.29 is 0 Å². The molecule has 0 aromatic heterocycles. The van der Waals surface area contributed by atoms with E-state index >= 15 is 0 Å². The third kappa shape index (κ3) is 4.00. The van der Waals surface area contributed by atoms with Gasteiger partial charge in [-0.3, -0.25) is 0 Å². The average molecular weight is 197 g/mol. The molecule has 1 aliphatic carbocycles. The Morgan fingerprint density at radius 1 is 1.14 bits per heavy atom. The monoisotopic (exact) mass is 197 g/mol. The lowest BCUT2D eigenvalue weighted by atomic mass is 9.74. The van der Waals surface area contributed by atoms with E-state index in [1.807, 2.05) is 0 Å². The molecule has 1 nitrogen and oxygen atoms in total. The second kappa shape index (κ2) is 6.44. The van der Waals surface area contributed by atoms with Crippen LogP contribution in [-0.2, 0) is 0 Å². The Kier molecular flexibility index (Phi) is 5.54. The first kappa shape index (κ1) is 12.0. The van der Waals surface area contributed by atoms with E-state index in [2.05, 4.69) is 26.1 Å². The summed E-state index contributed by atoms with van der Waals surface area (Å²) in [6.45, 7) is 9.38. The maximum atomic E-state index is 3.41. The van der Waals surface area contributed by atoms with Crippen LogP contribution in [0.4, 0.5) is 0 Å². The predicted octanol–water partition coefficient (Wildman–Crippen LogP) is 3.45. The summed E-state index contributed by atoms with van der Waals surface area (Å²) in [6, 6.07) is 0. The molecule has 1 heteroatoms. The summed E-state index contributed by atoms with van der Waals surface area (Å²) in [4.78, 5) is 0. The lowest BCUT2D eigenvalue weighted by Gasteiger charge is -2.32. The fourth-order valence-corrected chi connectivity index (χ4v) is 2.61. The van der Waals surface area contributed by atoms with Crippen molar-refractivity contribution >= 4 is 0 Å². The van der Waals surface area contributed by atoms with Crippen LogP contribution >= 0.6 is 0 Å². The molecular weight excluding hydrogens is 170 g/mol. The van der Waals surface area contributed by atoms with Crippen LogP contribution in [0.1, 0.15) is 52.9 Å². The zero-order valence-corrected chi connectivity index (χ0v) is 10.2. The summed E-state index contributed by atoms with van der Waals surface area (Å²) < 4.78 is 0. The second-order valence-corrected chi connectivity index (χ2v) is 5.13. The third-order valence-corrected chi connectivity index (χ3v) is 3.92. The van der Waals surface area contributed by atoms with Crippen molar-refractivity contribution in [2.24, 2.45) is 17.8 Å². The van der Waals surface area contributed by atoms with Crippen LogP contribution < -0.4 is 5.32 Å². The summed E-state index contributed by atoms with van der Waals surface area (Å²) in [6.07, 6.45) is 7.25. The van der Waals surface area contributed by atoms with Crippen LogP contribution in [0.25, 0.3) is 0 Å². The maximum Gasteiger partial charge on any atom is -0.00489 e. The van der Waals surface area contributed by atoms with Gasteiger partial charge in [0.25, 0.3) is 0 Å². The molecule has 0 heterocycles. The third-order valence-electron chi connectivity index (χ3n) is 3.92. The number of nitrogens with one attached hydrogen (secondary N) is 1. The van der Waals surface area contributed by atoms with Gasteiger partial charge < -0.3 is 5.32 Å². The molecule has 1 rings (SSSR count). The van der Waals surface area contributed by atoms with Crippen LogP contribution in [0.5, 0.6) is 0 Å². The van der Waals surface area contributed by atoms with Crippen molar-refractivity contribution in [1.29, 1.82) is 0 Å². The lowest BCUT2D eigenvalue weighted by molar-refractivity contribution is 0.198. The molecule has 3 unspecified atom stereocenters. The van der Waals surface area contributed by atoms with E-state index in [9.17, 15) is 0 Å². The average Bonchev–Trinajstić information content (AvgIpc) is 2.18. The molecule has 1 N–H and O–H groups in total. The normalized spacial score (nSPS) is 33.2. The van der Waals surface area contributed by atoms with Gasteiger partial charge in [-0.2, -0.15) is 0 Å². The SMILES string of the molecule is CCNCCCC1CCC(C)C(C)C1. The lowest BCUT2D eigenvalue weighted by Crippen LogP contribution is -2.22. The topological polar surface area (TPSA) is 12.0 Å². The molecule has 0 bridgehead atoms. The van der Waals surface area contributed by atoms with E-state index < -0.39 is 0 Å². The van der Waals surface area contributed by atoms with Crippen molar-refractivity contribution in [2.45, 2.75) is 52.9 Å². The van der Waals surface area contributed by atoms with Gasteiger partial charge in [0.1, 0.15) is 0 Å². The van der Waals surface area contributed by atoms with Gasteiger partial charge in [0, 0.05) is 0 Å². The molecule has 1 fully saturated rings. The van der Waals surface area contributed by atoms with E-state index in [-0.39, 0.29) is 0 Å². The van der Waals surface area contributed by atoms with Crippen molar-refractivity contribution in [3.63, 3.8) is 0 Å².